The van der Waals surface area contributed by atoms with Crippen LogP contribution in [0.3, 0.4) is 0 Å². The Morgan fingerprint density at radius 3 is 2.50 bits per heavy atom. The van der Waals surface area contributed by atoms with E-state index in [-0.39, 0.29) is 24.5 Å². The van der Waals surface area contributed by atoms with Crippen molar-refractivity contribution in [2.45, 2.75) is 19.8 Å². The van der Waals surface area contributed by atoms with Crippen molar-refractivity contribution in [1.82, 2.24) is 0 Å². The Morgan fingerprint density at radius 1 is 1.44 bits per heavy atom. The van der Waals surface area contributed by atoms with Crippen LogP contribution in [0.2, 0.25) is 0 Å². The third-order valence-electron chi connectivity index (χ3n) is 2.00. The molecule has 0 saturated heterocycles. The van der Waals surface area contributed by atoms with Crippen LogP contribution in [0.4, 0.5) is 0 Å². The van der Waals surface area contributed by atoms with Crippen molar-refractivity contribution in [3.05, 3.63) is 19.2 Å². The number of carboxylic acids is 1. The fourth-order valence-electron chi connectivity index (χ4n) is 1.29. The molecule has 0 fully saturated rings. The van der Waals surface area contributed by atoms with Gasteiger partial charge in [0.25, 0.3) is 0 Å². The van der Waals surface area contributed by atoms with Gasteiger partial charge in [-0.1, -0.05) is 6.92 Å². The molecule has 1 atom stereocenters. The molecule has 0 radical (unpaired) electrons. The molecule has 1 aromatic rings. The molecule has 16 heavy (non-hydrogen) atoms. The zero-order valence-corrected chi connectivity index (χ0v) is 12.5. The van der Waals surface area contributed by atoms with Crippen molar-refractivity contribution < 1.29 is 14.7 Å². The van der Waals surface area contributed by atoms with E-state index >= 15 is 0 Å². The summed E-state index contributed by atoms with van der Waals surface area (Å²) in [7, 11) is 0. The summed E-state index contributed by atoms with van der Waals surface area (Å²) in [6.07, 6.45) is 0.285. The van der Waals surface area contributed by atoms with Crippen LogP contribution in [-0.4, -0.2) is 16.9 Å². The number of hydrogen-bond donors (Lipinski definition) is 1. The van der Waals surface area contributed by atoms with Gasteiger partial charge in [-0.05, 0) is 37.8 Å². The minimum absolute atomic E-state index is 0.0173. The predicted molar refractivity (Wildman–Crippen MR) is 70.1 cm³/mol. The lowest BCUT2D eigenvalue weighted by molar-refractivity contribution is -0.137. The highest BCUT2D eigenvalue weighted by Crippen LogP contribution is 2.33. The number of hydrogen-bond acceptors (Lipinski definition) is 3. The Bertz CT molecular complexity index is 414. The Morgan fingerprint density at radius 2 is 2.06 bits per heavy atom. The quantitative estimate of drug-likeness (QED) is 0.799. The van der Waals surface area contributed by atoms with Gasteiger partial charge in [-0.2, -0.15) is 0 Å². The topological polar surface area (TPSA) is 54.4 Å². The average Bonchev–Trinajstić information content (AvgIpc) is 2.45. The summed E-state index contributed by atoms with van der Waals surface area (Å²) < 4.78 is 1.61. The van der Waals surface area contributed by atoms with E-state index in [2.05, 4.69) is 31.9 Å². The number of carbonyl (C=O) groups excluding carboxylic acids is 1. The Balaban J connectivity index is 2.66. The van der Waals surface area contributed by atoms with Crippen molar-refractivity contribution in [3.8, 4) is 0 Å². The molecule has 1 unspecified atom stereocenters. The van der Waals surface area contributed by atoms with Crippen molar-refractivity contribution in [2.75, 3.05) is 0 Å². The van der Waals surface area contributed by atoms with E-state index in [0.29, 0.717) is 4.88 Å². The maximum atomic E-state index is 11.8. The first-order valence-electron chi connectivity index (χ1n) is 4.59. The Hall–Kier alpha value is -0.200. The fourth-order valence-corrected chi connectivity index (χ4v) is 3.43. The third kappa shape index (κ3) is 3.68. The molecule has 88 valence electrons. The van der Waals surface area contributed by atoms with E-state index in [9.17, 15) is 9.59 Å². The van der Waals surface area contributed by atoms with Crippen LogP contribution in [0.5, 0.6) is 0 Å². The lowest BCUT2D eigenvalue weighted by atomic mass is 10.0. The van der Waals surface area contributed by atoms with Crippen molar-refractivity contribution >= 4 is 54.9 Å². The van der Waals surface area contributed by atoms with Gasteiger partial charge in [0.2, 0.25) is 0 Å². The van der Waals surface area contributed by atoms with Crippen LogP contribution in [-0.2, 0) is 4.79 Å². The van der Waals surface area contributed by atoms with Crippen LogP contribution in [0.25, 0.3) is 0 Å². The zero-order valence-electron chi connectivity index (χ0n) is 8.50. The van der Waals surface area contributed by atoms with Gasteiger partial charge in [-0.15, -0.1) is 11.3 Å². The Labute approximate surface area is 114 Å². The van der Waals surface area contributed by atoms with Gasteiger partial charge in [0.15, 0.2) is 5.78 Å². The van der Waals surface area contributed by atoms with Gasteiger partial charge in [0.05, 0.1) is 9.35 Å². The highest BCUT2D eigenvalue weighted by Gasteiger charge is 2.18. The summed E-state index contributed by atoms with van der Waals surface area (Å²) in [6.45, 7) is 1.77. The molecule has 0 aliphatic heterocycles. The van der Waals surface area contributed by atoms with Crippen LogP contribution in [0, 0.1) is 5.92 Å². The van der Waals surface area contributed by atoms with Crippen LogP contribution < -0.4 is 0 Å². The molecule has 0 saturated carbocycles. The molecular formula is C10H10Br2O3S. The molecule has 0 bridgehead atoms. The molecule has 1 rings (SSSR count). The molecule has 1 N–H and O–H groups in total. The summed E-state index contributed by atoms with van der Waals surface area (Å²) in [4.78, 5) is 23.0. The second kappa shape index (κ2) is 5.93. The molecule has 1 aromatic heterocycles. The normalized spacial score (nSPS) is 12.4. The van der Waals surface area contributed by atoms with Crippen molar-refractivity contribution in [1.29, 1.82) is 0 Å². The number of halogens is 2. The molecule has 0 aliphatic rings. The van der Waals surface area contributed by atoms with E-state index in [1.807, 2.05) is 5.38 Å². The van der Waals surface area contributed by atoms with Gasteiger partial charge in [-0.3, -0.25) is 9.59 Å². The monoisotopic (exact) mass is 368 g/mol. The van der Waals surface area contributed by atoms with E-state index in [1.54, 1.807) is 6.92 Å². The van der Waals surface area contributed by atoms with Gasteiger partial charge < -0.3 is 5.11 Å². The van der Waals surface area contributed by atoms with Crippen molar-refractivity contribution in [2.24, 2.45) is 5.92 Å². The minimum atomic E-state index is -0.869. The first-order chi connectivity index (χ1) is 7.41. The second-order valence-corrected chi connectivity index (χ2v) is 6.08. The van der Waals surface area contributed by atoms with E-state index in [1.165, 1.54) is 11.3 Å². The predicted octanol–water partition coefficient (Wildman–Crippen LogP) is 3.96. The number of aliphatic carboxylic acids is 1. The molecule has 0 aromatic carbocycles. The molecule has 3 nitrogen and oxygen atoms in total. The summed E-state index contributed by atoms with van der Waals surface area (Å²) in [5.41, 5.74) is 0. The van der Waals surface area contributed by atoms with Gasteiger partial charge in [0, 0.05) is 22.7 Å². The van der Waals surface area contributed by atoms with Gasteiger partial charge >= 0.3 is 5.97 Å². The van der Waals surface area contributed by atoms with Crippen LogP contribution in [0.1, 0.15) is 29.4 Å². The van der Waals surface area contributed by atoms with Crippen LogP contribution >= 0.6 is 43.2 Å². The fraction of sp³-hybridized carbons (Fsp3) is 0.400. The summed E-state index contributed by atoms with van der Waals surface area (Å²) in [5.74, 6) is -1.03. The standard InChI is InChI=1S/C10H10Br2O3S/c1-5(3-8(14)15)2-7(13)10-9(12)6(11)4-16-10/h4-5H,2-3H2,1H3,(H,14,15). The van der Waals surface area contributed by atoms with E-state index < -0.39 is 5.97 Å². The van der Waals surface area contributed by atoms with E-state index in [4.69, 9.17) is 5.11 Å². The second-order valence-electron chi connectivity index (χ2n) is 3.56. The number of carbonyl (C=O) groups is 2. The number of Topliss-reactive ketones (excluding diaryl/α,β-unsaturated/α-hetero) is 1. The lowest BCUT2D eigenvalue weighted by Crippen LogP contribution is -2.09. The highest BCUT2D eigenvalue weighted by molar-refractivity contribution is 9.13. The maximum Gasteiger partial charge on any atom is 0.303 e. The highest BCUT2D eigenvalue weighted by atomic mass is 79.9. The minimum Gasteiger partial charge on any atom is -0.481 e. The SMILES string of the molecule is CC(CC(=O)O)CC(=O)c1scc(Br)c1Br. The Kier molecular flexibility index (Phi) is 5.14. The van der Waals surface area contributed by atoms with Gasteiger partial charge in [0.1, 0.15) is 0 Å². The van der Waals surface area contributed by atoms with E-state index in [0.717, 1.165) is 8.95 Å². The molecule has 0 amide bonds. The lowest BCUT2D eigenvalue weighted by Gasteiger charge is -2.06. The molecule has 6 heteroatoms. The number of rotatable bonds is 5. The molecule has 0 spiro atoms. The number of thiophene rings is 1. The average molecular weight is 370 g/mol. The maximum absolute atomic E-state index is 11.8. The summed E-state index contributed by atoms with van der Waals surface area (Å²) >= 11 is 7.98. The van der Waals surface area contributed by atoms with Crippen LogP contribution in [0.15, 0.2) is 14.3 Å². The van der Waals surface area contributed by atoms with Gasteiger partial charge in [-0.25, -0.2) is 0 Å². The molecule has 0 aliphatic carbocycles. The number of ketones is 1. The smallest absolute Gasteiger partial charge is 0.303 e. The first kappa shape index (κ1) is 13.9. The zero-order chi connectivity index (χ0) is 12.3. The molecule has 1 heterocycles. The first-order valence-corrected chi connectivity index (χ1v) is 7.05. The largest absolute Gasteiger partial charge is 0.481 e. The molecular weight excluding hydrogens is 360 g/mol. The summed E-state index contributed by atoms with van der Waals surface area (Å²) in [6, 6.07) is 0. The van der Waals surface area contributed by atoms with Crippen molar-refractivity contribution in [3.63, 3.8) is 0 Å². The third-order valence-corrected chi connectivity index (χ3v) is 5.57. The summed E-state index contributed by atoms with van der Waals surface area (Å²) in [5, 5.41) is 10.4. The number of carboxylic acid groups (broad SMARTS) is 1.